The number of likely N-dealkylation sites (tertiary alicyclic amines) is 2. The zero-order valence-electron chi connectivity index (χ0n) is 18.8. The van der Waals surface area contributed by atoms with E-state index < -0.39 is 12.3 Å². The van der Waals surface area contributed by atoms with Crippen LogP contribution in [0.1, 0.15) is 31.2 Å². The molecule has 3 aliphatic rings. The van der Waals surface area contributed by atoms with Crippen LogP contribution in [0.5, 0.6) is 11.5 Å². The molecule has 1 saturated carbocycles. The molecule has 3 fully saturated rings. The number of rotatable bonds is 9. The van der Waals surface area contributed by atoms with E-state index in [1.54, 1.807) is 7.11 Å². The fourth-order valence-electron chi connectivity index (χ4n) is 5.59. The van der Waals surface area contributed by atoms with Gasteiger partial charge in [-0.25, -0.2) is 4.39 Å². The maximum Gasteiger partial charge on any atom is 0.161 e. The van der Waals surface area contributed by atoms with Gasteiger partial charge in [0.05, 0.1) is 13.2 Å². The maximum atomic E-state index is 13.3. The van der Waals surface area contributed by atoms with Gasteiger partial charge >= 0.3 is 0 Å². The minimum atomic E-state index is -0.702. The molecular formula is C24H37FN2O4. The van der Waals surface area contributed by atoms with Gasteiger partial charge in [-0.2, -0.15) is 0 Å². The average molecular weight is 437 g/mol. The first-order chi connectivity index (χ1) is 15.1. The molecule has 174 valence electrons. The Morgan fingerprint density at radius 2 is 1.74 bits per heavy atom. The molecule has 6 nitrogen and oxygen atoms in total. The summed E-state index contributed by atoms with van der Waals surface area (Å²) in [6.45, 7) is 5.11. The van der Waals surface area contributed by atoms with Crippen LogP contribution < -0.4 is 9.47 Å². The van der Waals surface area contributed by atoms with E-state index in [0.29, 0.717) is 61.9 Å². The molecule has 0 amide bonds. The second-order valence-electron chi connectivity index (χ2n) is 9.42. The molecule has 0 spiro atoms. The lowest BCUT2D eigenvalue weighted by Crippen LogP contribution is -2.45. The Balaban J connectivity index is 1.31. The third-order valence-electron chi connectivity index (χ3n) is 7.15. The lowest BCUT2D eigenvalue weighted by molar-refractivity contribution is -0.0180. The molecule has 2 unspecified atom stereocenters. The molecule has 1 aliphatic carbocycles. The summed E-state index contributed by atoms with van der Waals surface area (Å²) in [5.74, 6) is 2.61. The number of halogens is 1. The van der Waals surface area contributed by atoms with E-state index in [4.69, 9.17) is 14.2 Å². The van der Waals surface area contributed by atoms with Crippen LogP contribution >= 0.6 is 0 Å². The first-order valence-electron chi connectivity index (χ1n) is 11.6. The molecule has 1 aromatic rings. The number of alkyl halides is 1. The number of benzene rings is 1. The lowest BCUT2D eigenvalue weighted by atomic mass is 9.94. The number of aliphatic hydroxyl groups excluding tert-OH is 1. The number of ether oxygens (including phenoxy) is 3. The van der Waals surface area contributed by atoms with Crippen LogP contribution in [-0.2, 0) is 11.3 Å². The van der Waals surface area contributed by atoms with Crippen LogP contribution in [0, 0.1) is 11.8 Å². The highest BCUT2D eigenvalue weighted by atomic mass is 19.1. The summed E-state index contributed by atoms with van der Waals surface area (Å²) in [5, 5.41) is 10.4. The molecule has 1 aromatic carbocycles. The van der Waals surface area contributed by atoms with Crippen molar-refractivity contribution in [3.8, 4) is 11.5 Å². The molecular weight excluding hydrogens is 399 g/mol. The van der Waals surface area contributed by atoms with E-state index in [9.17, 15) is 9.50 Å². The summed E-state index contributed by atoms with van der Waals surface area (Å²) >= 11 is 0. The van der Waals surface area contributed by atoms with Crippen LogP contribution in [0.15, 0.2) is 18.2 Å². The third-order valence-corrected chi connectivity index (χ3v) is 7.15. The van der Waals surface area contributed by atoms with Crippen molar-refractivity contribution in [3.63, 3.8) is 0 Å². The van der Waals surface area contributed by atoms with Gasteiger partial charge in [0.15, 0.2) is 11.5 Å². The van der Waals surface area contributed by atoms with Crippen molar-refractivity contribution >= 4 is 0 Å². The first-order valence-corrected chi connectivity index (χ1v) is 11.6. The van der Waals surface area contributed by atoms with Gasteiger partial charge in [-0.15, -0.1) is 0 Å². The molecule has 2 aliphatic heterocycles. The van der Waals surface area contributed by atoms with Crippen molar-refractivity contribution in [3.05, 3.63) is 23.8 Å². The second-order valence-corrected chi connectivity index (χ2v) is 9.42. The largest absolute Gasteiger partial charge is 0.493 e. The number of hydrogen-bond donors (Lipinski definition) is 1. The van der Waals surface area contributed by atoms with Crippen LogP contribution in [0.3, 0.4) is 0 Å². The number of piperidine rings is 2. The predicted molar refractivity (Wildman–Crippen MR) is 117 cm³/mol. The Morgan fingerprint density at radius 3 is 2.39 bits per heavy atom. The van der Waals surface area contributed by atoms with Crippen molar-refractivity contribution in [2.75, 3.05) is 53.6 Å². The van der Waals surface area contributed by atoms with Gasteiger partial charge in [-0.05, 0) is 55.2 Å². The van der Waals surface area contributed by atoms with Crippen molar-refractivity contribution in [1.29, 1.82) is 0 Å². The van der Waals surface area contributed by atoms with Gasteiger partial charge < -0.3 is 24.2 Å². The van der Waals surface area contributed by atoms with Crippen LogP contribution in [0.2, 0.25) is 0 Å². The van der Waals surface area contributed by atoms with Crippen molar-refractivity contribution in [2.45, 2.75) is 50.6 Å². The summed E-state index contributed by atoms with van der Waals surface area (Å²) in [7, 11) is 3.48. The normalized spacial score (nSPS) is 28.6. The number of nitrogens with zero attached hydrogens (tertiary/aromatic N) is 2. The van der Waals surface area contributed by atoms with Gasteiger partial charge in [0, 0.05) is 46.4 Å². The summed E-state index contributed by atoms with van der Waals surface area (Å²) in [4.78, 5) is 4.63. The Kier molecular flexibility index (Phi) is 7.69. The van der Waals surface area contributed by atoms with E-state index in [-0.39, 0.29) is 6.61 Å². The lowest BCUT2D eigenvalue weighted by Gasteiger charge is -2.37. The van der Waals surface area contributed by atoms with Gasteiger partial charge in [0.25, 0.3) is 0 Å². The standard InChI is InChI=1S/C24H37FN2O4/c1-29-22-6-3-17(12-27-13-18-4-5-19(14-27)24(18)30-2)11-23(22)31-16-21(28)15-26-9-7-20(25)8-10-26/h3,6,11,18-21,24,28H,4-5,7-10,12-16H2,1-2H3/t18-,19+,21?,24?. The molecule has 0 radical (unpaired) electrons. The second kappa shape index (κ2) is 10.5. The topological polar surface area (TPSA) is 54.4 Å². The smallest absolute Gasteiger partial charge is 0.161 e. The van der Waals surface area contributed by atoms with Gasteiger partial charge in [-0.1, -0.05) is 6.07 Å². The highest BCUT2D eigenvalue weighted by molar-refractivity contribution is 5.43. The van der Waals surface area contributed by atoms with E-state index in [1.165, 1.54) is 18.4 Å². The minimum absolute atomic E-state index is 0.193. The summed E-state index contributed by atoms with van der Waals surface area (Å²) in [6.07, 6.45) is 2.72. The Labute approximate surface area is 185 Å². The average Bonchev–Trinajstić information content (AvgIpc) is 3.03. The minimum Gasteiger partial charge on any atom is -0.493 e. The molecule has 2 bridgehead atoms. The quantitative estimate of drug-likeness (QED) is 0.643. The van der Waals surface area contributed by atoms with E-state index in [0.717, 1.165) is 19.6 Å². The van der Waals surface area contributed by atoms with Crippen molar-refractivity contribution in [2.24, 2.45) is 11.8 Å². The molecule has 7 heteroatoms. The Morgan fingerprint density at radius 1 is 1.03 bits per heavy atom. The number of fused-ring (bicyclic) bond motifs is 2. The summed E-state index contributed by atoms with van der Waals surface area (Å²) < 4.78 is 30.5. The van der Waals surface area contributed by atoms with Crippen LogP contribution in [0.25, 0.3) is 0 Å². The van der Waals surface area contributed by atoms with Crippen LogP contribution in [0.4, 0.5) is 4.39 Å². The monoisotopic (exact) mass is 436 g/mol. The number of methoxy groups -OCH3 is 2. The molecule has 2 heterocycles. The molecule has 0 aromatic heterocycles. The Hall–Kier alpha value is -1.41. The number of aliphatic hydroxyl groups is 1. The molecule has 4 rings (SSSR count). The number of β-amino-alcohol motifs (C(OH)–C–C–N with tert-alkyl or cyclic N) is 1. The summed E-state index contributed by atoms with van der Waals surface area (Å²) in [6, 6.07) is 6.07. The van der Waals surface area contributed by atoms with E-state index in [1.807, 2.05) is 19.2 Å². The predicted octanol–water partition coefficient (Wildman–Crippen LogP) is 2.73. The fraction of sp³-hybridized carbons (Fsp3) is 0.750. The number of hydrogen-bond acceptors (Lipinski definition) is 6. The van der Waals surface area contributed by atoms with E-state index in [2.05, 4.69) is 15.9 Å². The molecule has 31 heavy (non-hydrogen) atoms. The van der Waals surface area contributed by atoms with Crippen molar-refractivity contribution in [1.82, 2.24) is 9.80 Å². The fourth-order valence-corrected chi connectivity index (χ4v) is 5.59. The third kappa shape index (κ3) is 5.69. The summed E-state index contributed by atoms with van der Waals surface area (Å²) in [5.41, 5.74) is 1.19. The van der Waals surface area contributed by atoms with Gasteiger partial charge in [-0.3, -0.25) is 4.90 Å². The highest BCUT2D eigenvalue weighted by Gasteiger charge is 2.42. The van der Waals surface area contributed by atoms with Crippen molar-refractivity contribution < 1.29 is 23.7 Å². The first kappa shape index (κ1) is 22.8. The SMILES string of the molecule is COc1ccc(CN2C[C@H]3CC[C@@H](C2)C3OC)cc1OCC(O)CN1CCC(F)CC1. The zero-order chi connectivity index (χ0) is 21.8. The van der Waals surface area contributed by atoms with Crippen LogP contribution in [-0.4, -0.2) is 86.8 Å². The molecule has 4 atom stereocenters. The molecule has 2 saturated heterocycles. The highest BCUT2D eigenvalue weighted by Crippen LogP contribution is 2.39. The Bertz CT molecular complexity index is 699. The van der Waals surface area contributed by atoms with Gasteiger partial charge in [0.2, 0.25) is 0 Å². The van der Waals surface area contributed by atoms with E-state index >= 15 is 0 Å². The zero-order valence-corrected chi connectivity index (χ0v) is 18.8. The molecule has 1 N–H and O–H groups in total. The maximum absolute atomic E-state index is 13.3. The van der Waals surface area contributed by atoms with Gasteiger partial charge in [0.1, 0.15) is 18.9 Å².